The number of ether oxygens (including phenoxy) is 1. The molecule has 0 aromatic heterocycles. The summed E-state index contributed by atoms with van der Waals surface area (Å²) >= 11 is 3.38. The van der Waals surface area contributed by atoms with Crippen LogP contribution in [0.2, 0.25) is 0 Å². The van der Waals surface area contributed by atoms with Crippen LogP contribution in [0.25, 0.3) is 0 Å². The molecule has 1 saturated heterocycles. The Hall–Kier alpha value is -1.07. The fraction of sp³-hybridized carbons (Fsp3) is 0.533. The first-order valence-electron chi connectivity index (χ1n) is 6.92. The third kappa shape index (κ3) is 3.96. The second-order valence-electron chi connectivity index (χ2n) is 5.30. The predicted octanol–water partition coefficient (Wildman–Crippen LogP) is 2.14. The number of benzene rings is 1. The monoisotopic (exact) mass is 340 g/mol. The van der Waals surface area contributed by atoms with Crippen molar-refractivity contribution in [3.8, 4) is 5.75 Å². The smallest absolute Gasteiger partial charge is 0.227 e. The lowest BCUT2D eigenvalue weighted by atomic mass is 9.97. The zero-order valence-electron chi connectivity index (χ0n) is 11.9. The molecule has 0 radical (unpaired) electrons. The van der Waals surface area contributed by atoms with E-state index < -0.39 is 0 Å². The molecular weight excluding hydrogens is 320 g/mol. The maximum atomic E-state index is 12.3. The number of hydrogen-bond donors (Lipinski definition) is 1. The number of likely N-dealkylation sites (N-methyl/N-ethyl adjacent to an activating group) is 1. The van der Waals surface area contributed by atoms with Crippen molar-refractivity contribution < 1.29 is 9.53 Å². The minimum absolute atomic E-state index is 0.104. The van der Waals surface area contributed by atoms with E-state index in [0.29, 0.717) is 19.1 Å². The van der Waals surface area contributed by atoms with Crippen LogP contribution in [0.1, 0.15) is 6.92 Å². The van der Waals surface area contributed by atoms with Gasteiger partial charge in [-0.3, -0.25) is 4.79 Å². The topological polar surface area (TPSA) is 41.6 Å². The van der Waals surface area contributed by atoms with Crippen molar-refractivity contribution in [2.45, 2.75) is 6.92 Å². The molecule has 0 spiro atoms. The van der Waals surface area contributed by atoms with Gasteiger partial charge in [-0.05, 0) is 36.7 Å². The molecule has 2 atom stereocenters. The summed E-state index contributed by atoms with van der Waals surface area (Å²) < 4.78 is 6.67. The quantitative estimate of drug-likeness (QED) is 0.892. The lowest BCUT2D eigenvalue weighted by Crippen LogP contribution is -2.38. The molecule has 1 heterocycles. The van der Waals surface area contributed by atoms with Crippen LogP contribution in [0.3, 0.4) is 0 Å². The van der Waals surface area contributed by atoms with Crippen LogP contribution in [-0.4, -0.2) is 44.1 Å². The summed E-state index contributed by atoms with van der Waals surface area (Å²) in [5.74, 6) is 1.55. The number of hydrogen-bond acceptors (Lipinski definition) is 3. The zero-order valence-corrected chi connectivity index (χ0v) is 13.5. The average Bonchev–Trinajstić information content (AvgIpc) is 2.86. The van der Waals surface area contributed by atoms with E-state index in [9.17, 15) is 4.79 Å². The van der Waals surface area contributed by atoms with Gasteiger partial charge in [0, 0.05) is 18.1 Å². The summed E-state index contributed by atoms with van der Waals surface area (Å²) in [4.78, 5) is 14.0. The van der Waals surface area contributed by atoms with Crippen LogP contribution >= 0.6 is 15.9 Å². The molecule has 1 aromatic carbocycles. The molecule has 1 fully saturated rings. The van der Waals surface area contributed by atoms with Gasteiger partial charge < -0.3 is 15.0 Å². The molecule has 1 aromatic rings. The lowest BCUT2D eigenvalue weighted by molar-refractivity contribution is -0.134. The van der Waals surface area contributed by atoms with Crippen LogP contribution in [0, 0.1) is 11.8 Å². The van der Waals surface area contributed by atoms with E-state index in [2.05, 4.69) is 28.2 Å². The summed E-state index contributed by atoms with van der Waals surface area (Å²) in [5, 5.41) is 3.26. The van der Waals surface area contributed by atoms with Crippen LogP contribution < -0.4 is 10.1 Å². The van der Waals surface area contributed by atoms with Gasteiger partial charge >= 0.3 is 0 Å². The first-order valence-corrected chi connectivity index (χ1v) is 7.71. The van der Waals surface area contributed by atoms with Gasteiger partial charge in [0.1, 0.15) is 12.4 Å². The standard InChI is InChI=1S/C15H21BrN2O2/c1-11-9-17-10-14(11)15(19)18(2)7-8-20-13-5-3-12(16)4-6-13/h3-6,11,14,17H,7-10H2,1-2H3. The van der Waals surface area contributed by atoms with Gasteiger partial charge in [0.15, 0.2) is 0 Å². The highest BCUT2D eigenvalue weighted by molar-refractivity contribution is 9.10. The third-order valence-corrected chi connectivity index (χ3v) is 4.25. The van der Waals surface area contributed by atoms with Crippen molar-refractivity contribution in [3.05, 3.63) is 28.7 Å². The molecule has 5 heteroatoms. The second-order valence-corrected chi connectivity index (χ2v) is 6.22. The molecule has 4 nitrogen and oxygen atoms in total. The molecule has 1 N–H and O–H groups in total. The number of rotatable bonds is 5. The highest BCUT2D eigenvalue weighted by atomic mass is 79.9. The van der Waals surface area contributed by atoms with Crippen LogP contribution in [0.15, 0.2) is 28.7 Å². The number of nitrogens with one attached hydrogen (secondary N) is 1. The van der Waals surface area contributed by atoms with Gasteiger partial charge in [-0.2, -0.15) is 0 Å². The normalized spacial score (nSPS) is 21.8. The summed E-state index contributed by atoms with van der Waals surface area (Å²) in [5.41, 5.74) is 0. The van der Waals surface area contributed by atoms with Crippen LogP contribution in [0.5, 0.6) is 5.75 Å². The molecule has 0 aliphatic carbocycles. The molecule has 2 unspecified atom stereocenters. The van der Waals surface area contributed by atoms with Gasteiger partial charge in [0.25, 0.3) is 0 Å². The molecule has 2 rings (SSSR count). The number of carbonyl (C=O) groups excluding carboxylic acids is 1. The highest BCUT2D eigenvalue weighted by Crippen LogP contribution is 2.18. The average molecular weight is 341 g/mol. The van der Waals surface area contributed by atoms with Gasteiger partial charge in [-0.1, -0.05) is 22.9 Å². The molecule has 1 aliphatic heterocycles. The highest BCUT2D eigenvalue weighted by Gasteiger charge is 2.31. The SMILES string of the molecule is CC1CNCC1C(=O)N(C)CCOc1ccc(Br)cc1. The minimum Gasteiger partial charge on any atom is -0.492 e. The Morgan fingerprint density at radius 3 is 2.70 bits per heavy atom. The summed E-state index contributed by atoms with van der Waals surface area (Å²) in [6.45, 7) is 4.96. The lowest BCUT2D eigenvalue weighted by Gasteiger charge is -2.23. The number of carbonyl (C=O) groups is 1. The molecule has 110 valence electrons. The number of halogens is 1. The molecule has 1 amide bonds. The molecule has 1 aliphatic rings. The first-order chi connectivity index (χ1) is 9.58. The Labute approximate surface area is 128 Å². The Kier molecular flexibility index (Phi) is 5.43. The van der Waals surface area contributed by atoms with Gasteiger partial charge in [-0.25, -0.2) is 0 Å². The van der Waals surface area contributed by atoms with Gasteiger partial charge in [-0.15, -0.1) is 0 Å². The van der Waals surface area contributed by atoms with E-state index in [4.69, 9.17) is 4.74 Å². The Morgan fingerprint density at radius 1 is 1.40 bits per heavy atom. The van der Waals surface area contributed by atoms with Crippen molar-refractivity contribution in [3.63, 3.8) is 0 Å². The summed E-state index contributed by atoms with van der Waals surface area (Å²) in [6.07, 6.45) is 0. The van der Waals surface area contributed by atoms with Crippen LogP contribution in [0.4, 0.5) is 0 Å². The Bertz CT molecular complexity index is 450. The molecule has 20 heavy (non-hydrogen) atoms. The predicted molar refractivity (Wildman–Crippen MR) is 82.8 cm³/mol. The number of amides is 1. The maximum Gasteiger partial charge on any atom is 0.227 e. The van der Waals surface area contributed by atoms with E-state index >= 15 is 0 Å². The van der Waals surface area contributed by atoms with Crippen molar-refractivity contribution in [2.24, 2.45) is 11.8 Å². The third-order valence-electron chi connectivity index (χ3n) is 3.72. The van der Waals surface area contributed by atoms with E-state index in [1.807, 2.05) is 31.3 Å². The van der Waals surface area contributed by atoms with Gasteiger partial charge in [0.05, 0.1) is 12.5 Å². The van der Waals surface area contributed by atoms with Crippen molar-refractivity contribution in [1.29, 1.82) is 0 Å². The summed E-state index contributed by atoms with van der Waals surface area (Å²) in [6, 6.07) is 7.70. The number of nitrogens with zero attached hydrogens (tertiary/aromatic N) is 1. The van der Waals surface area contributed by atoms with Gasteiger partial charge in [0.2, 0.25) is 5.91 Å². The van der Waals surface area contributed by atoms with Crippen molar-refractivity contribution in [2.75, 3.05) is 33.3 Å². The van der Waals surface area contributed by atoms with Crippen LogP contribution in [-0.2, 0) is 4.79 Å². The van der Waals surface area contributed by atoms with E-state index in [1.165, 1.54) is 0 Å². The fourth-order valence-electron chi connectivity index (χ4n) is 2.37. The minimum atomic E-state index is 0.104. The molecule has 0 bridgehead atoms. The fourth-order valence-corrected chi connectivity index (χ4v) is 2.63. The maximum absolute atomic E-state index is 12.3. The Morgan fingerprint density at radius 2 is 2.10 bits per heavy atom. The van der Waals surface area contributed by atoms with E-state index in [0.717, 1.165) is 23.3 Å². The second kappa shape index (κ2) is 7.09. The van der Waals surface area contributed by atoms with Crippen molar-refractivity contribution in [1.82, 2.24) is 10.2 Å². The first kappa shape index (κ1) is 15.3. The molecule has 0 saturated carbocycles. The largest absolute Gasteiger partial charge is 0.492 e. The Balaban J connectivity index is 1.75. The molecular formula is C15H21BrN2O2. The van der Waals surface area contributed by atoms with E-state index in [-0.39, 0.29) is 11.8 Å². The van der Waals surface area contributed by atoms with Crippen molar-refractivity contribution >= 4 is 21.8 Å². The zero-order chi connectivity index (χ0) is 14.5. The summed E-state index contributed by atoms with van der Waals surface area (Å²) in [7, 11) is 1.85. The van der Waals surface area contributed by atoms with E-state index in [1.54, 1.807) is 4.90 Å².